The quantitative estimate of drug-likeness (QED) is 0.889. The predicted octanol–water partition coefficient (Wildman–Crippen LogP) is 3.02. The van der Waals surface area contributed by atoms with Crippen molar-refractivity contribution in [1.82, 2.24) is 5.32 Å². The number of aryl methyl sites for hydroxylation is 1. The van der Waals surface area contributed by atoms with E-state index in [0.29, 0.717) is 6.54 Å². The Balaban J connectivity index is 1.60. The maximum atomic E-state index is 12.2. The van der Waals surface area contributed by atoms with Crippen molar-refractivity contribution in [2.24, 2.45) is 0 Å². The van der Waals surface area contributed by atoms with Crippen LogP contribution in [-0.2, 0) is 11.2 Å². The van der Waals surface area contributed by atoms with Gasteiger partial charge in [-0.1, -0.05) is 48.6 Å². The summed E-state index contributed by atoms with van der Waals surface area (Å²) in [6.45, 7) is 2.76. The molecule has 3 rings (SSSR count). The molecule has 0 saturated heterocycles. The van der Waals surface area contributed by atoms with E-state index in [9.17, 15) is 4.79 Å². The number of allylic oxidation sites excluding steroid dienone is 6. The molecule has 0 aromatic heterocycles. The minimum Gasteiger partial charge on any atom is -0.352 e. The molecule has 1 aromatic rings. The monoisotopic (exact) mass is 263 g/mol. The first-order valence-electron chi connectivity index (χ1n) is 6.89. The van der Waals surface area contributed by atoms with Gasteiger partial charge in [-0.2, -0.15) is 0 Å². The minimum absolute atomic E-state index is 0.0137. The molecule has 2 aliphatic carbocycles. The number of nitrogens with one attached hydrogen (secondary N) is 1. The van der Waals surface area contributed by atoms with Gasteiger partial charge in [0.25, 0.3) is 5.91 Å². The maximum absolute atomic E-state index is 12.2. The zero-order chi connectivity index (χ0) is 13.9. The highest BCUT2D eigenvalue weighted by atomic mass is 16.1. The molecule has 20 heavy (non-hydrogen) atoms. The highest BCUT2D eigenvalue weighted by Crippen LogP contribution is 2.29. The second kappa shape index (κ2) is 5.33. The number of benzene rings is 1. The van der Waals surface area contributed by atoms with Crippen LogP contribution < -0.4 is 5.32 Å². The zero-order valence-corrected chi connectivity index (χ0v) is 11.5. The Morgan fingerprint density at radius 3 is 2.85 bits per heavy atom. The number of rotatable bonds is 4. The smallest absolute Gasteiger partial charge is 0.251 e. The molecule has 1 aromatic carbocycles. The molecular weight excluding hydrogens is 246 g/mol. The van der Waals surface area contributed by atoms with Crippen molar-refractivity contribution >= 4 is 5.91 Å². The van der Waals surface area contributed by atoms with Crippen molar-refractivity contribution < 1.29 is 4.79 Å². The molecule has 2 nitrogen and oxygen atoms in total. The second-order valence-electron chi connectivity index (χ2n) is 5.07. The van der Waals surface area contributed by atoms with E-state index in [1.54, 1.807) is 0 Å². The lowest BCUT2D eigenvalue weighted by atomic mass is 10.1. The van der Waals surface area contributed by atoms with E-state index in [1.807, 2.05) is 42.5 Å². The van der Waals surface area contributed by atoms with Crippen LogP contribution in [0.3, 0.4) is 0 Å². The number of hydrogen-bond acceptors (Lipinski definition) is 1. The average Bonchev–Trinajstić information content (AvgIpc) is 3.03. The summed E-state index contributed by atoms with van der Waals surface area (Å²) in [4.78, 5) is 12.2. The fourth-order valence-corrected chi connectivity index (χ4v) is 2.58. The van der Waals surface area contributed by atoms with Crippen LogP contribution in [0.1, 0.15) is 11.1 Å². The normalized spacial score (nSPS) is 15.6. The predicted molar refractivity (Wildman–Crippen MR) is 81.3 cm³/mol. The van der Waals surface area contributed by atoms with Gasteiger partial charge in [-0.25, -0.2) is 0 Å². The topological polar surface area (TPSA) is 29.1 Å². The third-order valence-corrected chi connectivity index (χ3v) is 3.76. The molecule has 0 heterocycles. The Labute approximate surface area is 119 Å². The number of fused-ring (bicyclic) bond motifs is 1. The largest absolute Gasteiger partial charge is 0.352 e. The molecule has 100 valence electrons. The van der Waals surface area contributed by atoms with Gasteiger partial charge in [0.15, 0.2) is 0 Å². The lowest BCUT2D eigenvalue weighted by molar-refractivity contribution is -0.117. The molecule has 0 spiro atoms. The number of carbonyl (C=O) groups is 1. The molecule has 1 amide bonds. The van der Waals surface area contributed by atoms with Gasteiger partial charge in [0.1, 0.15) is 0 Å². The third-order valence-electron chi connectivity index (χ3n) is 3.76. The molecule has 0 bridgehead atoms. The van der Waals surface area contributed by atoms with Crippen LogP contribution >= 0.6 is 0 Å². The average molecular weight is 263 g/mol. The van der Waals surface area contributed by atoms with E-state index in [-0.39, 0.29) is 5.91 Å². The summed E-state index contributed by atoms with van der Waals surface area (Å²) in [5.74, 6) is 0.0137. The summed E-state index contributed by atoms with van der Waals surface area (Å²) >= 11 is 0. The standard InChI is InChI=1S/C18H17NO/c1-13-5-2-3-6-14(13)11-12-19-18(20)17-10-9-15-7-4-8-16(15)17/h2-10H,11-12H2,1H3,(H,19,20). The lowest BCUT2D eigenvalue weighted by Gasteiger charge is -2.08. The van der Waals surface area contributed by atoms with Crippen molar-refractivity contribution in [3.8, 4) is 0 Å². The van der Waals surface area contributed by atoms with Crippen molar-refractivity contribution in [1.29, 1.82) is 0 Å². The highest BCUT2D eigenvalue weighted by Gasteiger charge is 2.19. The zero-order valence-electron chi connectivity index (χ0n) is 11.5. The molecular formula is C18H17NO. The van der Waals surface area contributed by atoms with Crippen molar-refractivity contribution in [2.75, 3.05) is 6.54 Å². The van der Waals surface area contributed by atoms with E-state index in [2.05, 4.69) is 24.4 Å². The van der Waals surface area contributed by atoms with Gasteiger partial charge >= 0.3 is 0 Å². The summed E-state index contributed by atoms with van der Waals surface area (Å²) in [5, 5.41) is 3.00. The Morgan fingerprint density at radius 2 is 2.00 bits per heavy atom. The first kappa shape index (κ1) is 12.7. The fraction of sp³-hybridized carbons (Fsp3) is 0.167. The van der Waals surface area contributed by atoms with Crippen LogP contribution in [0, 0.1) is 6.92 Å². The number of hydrogen-bond donors (Lipinski definition) is 1. The highest BCUT2D eigenvalue weighted by molar-refractivity contribution is 6.00. The summed E-state index contributed by atoms with van der Waals surface area (Å²) in [6, 6.07) is 8.28. The first-order chi connectivity index (χ1) is 9.75. The maximum Gasteiger partial charge on any atom is 0.251 e. The fourth-order valence-electron chi connectivity index (χ4n) is 2.58. The molecule has 0 atom stereocenters. The summed E-state index contributed by atoms with van der Waals surface area (Å²) in [7, 11) is 0. The van der Waals surface area contributed by atoms with Gasteiger partial charge in [-0.15, -0.1) is 0 Å². The van der Waals surface area contributed by atoms with Gasteiger partial charge in [0.2, 0.25) is 0 Å². The summed E-state index contributed by atoms with van der Waals surface area (Å²) in [5.41, 5.74) is 5.50. The minimum atomic E-state index is 0.0137. The molecule has 0 radical (unpaired) electrons. The molecule has 2 heteroatoms. The van der Waals surface area contributed by atoms with Gasteiger partial charge in [-0.3, -0.25) is 4.79 Å². The van der Waals surface area contributed by atoms with Crippen molar-refractivity contribution in [3.63, 3.8) is 0 Å². The van der Waals surface area contributed by atoms with E-state index in [1.165, 1.54) is 11.1 Å². The molecule has 2 aliphatic rings. The SMILES string of the molecule is Cc1ccccc1CCNC(=O)C1=C2C=CC=C2C=C1. The van der Waals surface area contributed by atoms with Crippen molar-refractivity contribution in [2.45, 2.75) is 13.3 Å². The van der Waals surface area contributed by atoms with E-state index < -0.39 is 0 Å². The van der Waals surface area contributed by atoms with Gasteiger partial charge in [-0.05, 0) is 41.7 Å². The number of amides is 1. The Kier molecular flexibility index (Phi) is 3.38. The molecule has 1 N–H and O–H groups in total. The lowest BCUT2D eigenvalue weighted by Crippen LogP contribution is -2.27. The van der Waals surface area contributed by atoms with Crippen LogP contribution in [0.5, 0.6) is 0 Å². The summed E-state index contributed by atoms with van der Waals surface area (Å²) < 4.78 is 0. The van der Waals surface area contributed by atoms with Gasteiger partial charge in [0.05, 0.1) is 0 Å². The van der Waals surface area contributed by atoms with Crippen LogP contribution in [-0.4, -0.2) is 12.5 Å². The Bertz CT molecular complexity index is 674. The van der Waals surface area contributed by atoms with E-state index in [4.69, 9.17) is 0 Å². The summed E-state index contributed by atoms with van der Waals surface area (Å²) in [6.07, 6.45) is 10.8. The van der Waals surface area contributed by atoms with Crippen molar-refractivity contribution in [3.05, 3.63) is 82.5 Å². The molecule has 0 fully saturated rings. The number of carbonyl (C=O) groups excluding carboxylic acids is 1. The van der Waals surface area contributed by atoms with Crippen LogP contribution in [0.25, 0.3) is 0 Å². The van der Waals surface area contributed by atoms with Crippen LogP contribution in [0.2, 0.25) is 0 Å². The van der Waals surface area contributed by atoms with Crippen LogP contribution in [0.4, 0.5) is 0 Å². The van der Waals surface area contributed by atoms with Crippen LogP contribution in [0.15, 0.2) is 71.4 Å². The molecule has 0 aliphatic heterocycles. The first-order valence-corrected chi connectivity index (χ1v) is 6.89. The van der Waals surface area contributed by atoms with E-state index in [0.717, 1.165) is 23.1 Å². The molecule has 0 unspecified atom stereocenters. The second-order valence-corrected chi connectivity index (χ2v) is 5.07. The molecule has 0 saturated carbocycles. The van der Waals surface area contributed by atoms with Gasteiger partial charge < -0.3 is 5.32 Å². The van der Waals surface area contributed by atoms with Gasteiger partial charge in [0, 0.05) is 12.1 Å². The Morgan fingerprint density at radius 1 is 1.15 bits per heavy atom. The van der Waals surface area contributed by atoms with E-state index >= 15 is 0 Å². The Hall–Kier alpha value is -2.35. The third kappa shape index (κ3) is 2.37.